The van der Waals surface area contributed by atoms with Gasteiger partial charge >= 0.3 is 0 Å². The molecule has 7 rings (SSSR count). The molecule has 182 valence electrons. The Hall–Kier alpha value is -4.59. The fraction of sp³-hybridized carbons (Fsp3) is 0.207. The molecule has 0 unspecified atom stereocenters. The molecular weight excluding hydrogens is 464 g/mol. The van der Waals surface area contributed by atoms with Crippen molar-refractivity contribution in [3.05, 3.63) is 101 Å². The third-order valence-electron chi connectivity index (χ3n) is 7.71. The average Bonchev–Trinajstić information content (AvgIpc) is 3.57. The third kappa shape index (κ3) is 3.40. The first-order valence-electron chi connectivity index (χ1n) is 12.4. The van der Waals surface area contributed by atoms with Gasteiger partial charge in [0.05, 0.1) is 5.41 Å². The summed E-state index contributed by atoms with van der Waals surface area (Å²) in [4.78, 5) is 41.0. The maximum absolute atomic E-state index is 13.3. The van der Waals surface area contributed by atoms with E-state index in [0.717, 1.165) is 34.5 Å². The van der Waals surface area contributed by atoms with Gasteiger partial charge in [0, 0.05) is 35.7 Å². The summed E-state index contributed by atoms with van der Waals surface area (Å²) in [6, 6.07) is 17.8. The van der Waals surface area contributed by atoms with Crippen molar-refractivity contribution >= 4 is 34.8 Å². The van der Waals surface area contributed by atoms with Crippen molar-refractivity contribution in [1.82, 2.24) is 15.0 Å². The molecule has 1 aliphatic carbocycles. The summed E-state index contributed by atoms with van der Waals surface area (Å²) >= 11 is 0. The molecule has 0 bridgehead atoms. The quantitative estimate of drug-likeness (QED) is 0.450. The monoisotopic (exact) mass is 488 g/mol. The fourth-order valence-electron chi connectivity index (χ4n) is 5.92. The number of rotatable bonds is 3. The van der Waals surface area contributed by atoms with Gasteiger partial charge in [-0.15, -0.1) is 0 Å². The molecule has 2 N–H and O–H groups in total. The Labute approximate surface area is 213 Å². The first-order chi connectivity index (χ1) is 18.0. The van der Waals surface area contributed by atoms with Crippen molar-refractivity contribution in [2.45, 2.75) is 31.6 Å². The molecule has 37 heavy (non-hydrogen) atoms. The number of amides is 2. The van der Waals surface area contributed by atoms with Crippen molar-refractivity contribution in [3.8, 4) is 0 Å². The fourth-order valence-corrected chi connectivity index (χ4v) is 5.92. The molecule has 8 heteroatoms. The Bertz CT molecular complexity index is 1620. The highest BCUT2D eigenvalue weighted by Gasteiger charge is 2.51. The number of aryl methyl sites for hydroxylation is 1. The molecule has 1 spiro atoms. The Balaban J connectivity index is 1.13. The van der Waals surface area contributed by atoms with Crippen molar-refractivity contribution in [2.75, 3.05) is 22.1 Å². The number of hydrogen-bond donors (Lipinski definition) is 2. The number of carbonyl (C=O) groups excluding carboxylic acids is 2. The van der Waals surface area contributed by atoms with Crippen molar-refractivity contribution in [2.24, 2.45) is 0 Å². The van der Waals surface area contributed by atoms with Crippen LogP contribution in [0.5, 0.6) is 0 Å². The largest absolute Gasteiger partial charge is 0.340 e. The summed E-state index contributed by atoms with van der Waals surface area (Å²) in [6.07, 6.45) is 5.22. The van der Waals surface area contributed by atoms with Gasteiger partial charge in [0.15, 0.2) is 0 Å². The van der Waals surface area contributed by atoms with Crippen LogP contribution in [-0.4, -0.2) is 33.3 Å². The molecule has 1 atom stereocenters. The molecule has 2 aliphatic heterocycles. The second-order valence-electron chi connectivity index (χ2n) is 10.0. The van der Waals surface area contributed by atoms with Crippen LogP contribution in [0, 0.1) is 6.92 Å². The number of anilines is 4. The van der Waals surface area contributed by atoms with E-state index >= 15 is 0 Å². The zero-order chi connectivity index (χ0) is 25.1. The van der Waals surface area contributed by atoms with Crippen LogP contribution in [-0.2, 0) is 29.5 Å². The summed E-state index contributed by atoms with van der Waals surface area (Å²) < 4.78 is 0. The molecule has 0 saturated heterocycles. The van der Waals surface area contributed by atoms with Crippen LogP contribution >= 0.6 is 0 Å². The standard InChI is InChI=1S/C29H24N6O2/c1-17-4-7-24-18(11-17)8-10-35(24)27(36)23-13-25(32-16-31-23)33-21-6-5-19-14-29(15-20(19)12-21)22-3-2-9-30-26(22)34-28(29)37/h2-7,9,11-13,16H,8,10,14-15H2,1H3,(H,30,34,37)(H,31,32,33)/t29-/m1/s1. The Kier molecular flexibility index (Phi) is 4.66. The van der Waals surface area contributed by atoms with Crippen LogP contribution in [0.2, 0.25) is 0 Å². The van der Waals surface area contributed by atoms with Crippen LogP contribution in [0.15, 0.2) is 67.1 Å². The van der Waals surface area contributed by atoms with Gasteiger partial charge in [-0.25, -0.2) is 15.0 Å². The lowest BCUT2D eigenvalue weighted by atomic mass is 9.79. The average molecular weight is 489 g/mol. The number of fused-ring (bicyclic) bond motifs is 4. The lowest BCUT2D eigenvalue weighted by Crippen LogP contribution is -2.35. The molecule has 4 heterocycles. The van der Waals surface area contributed by atoms with Gasteiger partial charge in [-0.2, -0.15) is 0 Å². The van der Waals surface area contributed by atoms with E-state index in [-0.39, 0.29) is 11.8 Å². The molecule has 4 aromatic rings. The SMILES string of the molecule is Cc1ccc2c(c1)CCN2C(=O)c1cc(Nc2ccc3c(c2)C[C@@]2(C3)C(=O)Nc3ncccc32)ncn1. The van der Waals surface area contributed by atoms with E-state index in [4.69, 9.17) is 0 Å². The van der Waals surface area contributed by atoms with E-state index in [1.165, 1.54) is 17.5 Å². The Morgan fingerprint density at radius 3 is 2.81 bits per heavy atom. The van der Waals surface area contributed by atoms with Gasteiger partial charge in [-0.3, -0.25) is 9.59 Å². The van der Waals surface area contributed by atoms with Gasteiger partial charge < -0.3 is 15.5 Å². The van der Waals surface area contributed by atoms with E-state index in [2.05, 4.69) is 50.7 Å². The summed E-state index contributed by atoms with van der Waals surface area (Å²) in [5, 5.41) is 6.27. The van der Waals surface area contributed by atoms with Crippen molar-refractivity contribution in [3.63, 3.8) is 0 Å². The van der Waals surface area contributed by atoms with Crippen LogP contribution in [0.4, 0.5) is 23.0 Å². The van der Waals surface area contributed by atoms with Gasteiger partial charge in [-0.1, -0.05) is 29.8 Å². The molecule has 0 fully saturated rings. The van der Waals surface area contributed by atoms with E-state index in [1.807, 2.05) is 30.3 Å². The summed E-state index contributed by atoms with van der Waals surface area (Å²) in [5.74, 6) is 1.07. The number of hydrogen-bond acceptors (Lipinski definition) is 6. The number of carbonyl (C=O) groups is 2. The van der Waals surface area contributed by atoms with Gasteiger partial charge in [-0.05, 0) is 67.1 Å². The van der Waals surface area contributed by atoms with Gasteiger partial charge in [0.25, 0.3) is 5.91 Å². The summed E-state index contributed by atoms with van der Waals surface area (Å²) in [6.45, 7) is 2.70. The predicted molar refractivity (Wildman–Crippen MR) is 140 cm³/mol. The minimum absolute atomic E-state index is 0.00418. The zero-order valence-corrected chi connectivity index (χ0v) is 20.3. The summed E-state index contributed by atoms with van der Waals surface area (Å²) in [7, 11) is 0. The smallest absolute Gasteiger partial charge is 0.277 e. The number of benzene rings is 2. The maximum atomic E-state index is 13.3. The highest BCUT2D eigenvalue weighted by Crippen LogP contribution is 2.47. The van der Waals surface area contributed by atoms with Crippen LogP contribution in [0.1, 0.15) is 38.3 Å². The molecule has 3 aliphatic rings. The predicted octanol–water partition coefficient (Wildman–Crippen LogP) is 4.12. The van der Waals surface area contributed by atoms with Crippen molar-refractivity contribution in [1.29, 1.82) is 0 Å². The number of aromatic nitrogens is 3. The molecule has 8 nitrogen and oxygen atoms in total. The third-order valence-corrected chi connectivity index (χ3v) is 7.71. The number of nitrogens with zero attached hydrogens (tertiary/aromatic N) is 4. The highest BCUT2D eigenvalue weighted by atomic mass is 16.2. The number of pyridine rings is 1. The van der Waals surface area contributed by atoms with Gasteiger partial charge in [0.2, 0.25) is 5.91 Å². The van der Waals surface area contributed by atoms with Crippen LogP contribution in [0.3, 0.4) is 0 Å². The minimum atomic E-state index is -0.608. The second-order valence-corrected chi connectivity index (χ2v) is 10.0. The molecule has 2 aromatic carbocycles. The molecule has 0 radical (unpaired) electrons. The van der Waals surface area contributed by atoms with E-state index in [0.29, 0.717) is 36.7 Å². The summed E-state index contributed by atoms with van der Waals surface area (Å²) in [5.41, 5.74) is 7.14. The molecule has 2 aromatic heterocycles. The van der Waals surface area contributed by atoms with E-state index < -0.39 is 5.41 Å². The maximum Gasteiger partial charge on any atom is 0.277 e. The Morgan fingerprint density at radius 1 is 1.00 bits per heavy atom. The zero-order valence-electron chi connectivity index (χ0n) is 20.3. The second kappa shape index (κ2) is 7.96. The number of nitrogens with one attached hydrogen (secondary N) is 2. The van der Waals surface area contributed by atoms with Crippen LogP contribution < -0.4 is 15.5 Å². The Morgan fingerprint density at radius 2 is 1.89 bits per heavy atom. The first-order valence-corrected chi connectivity index (χ1v) is 12.4. The van der Waals surface area contributed by atoms with E-state index in [1.54, 1.807) is 17.2 Å². The minimum Gasteiger partial charge on any atom is -0.340 e. The molecule has 0 saturated carbocycles. The topological polar surface area (TPSA) is 100 Å². The highest BCUT2D eigenvalue weighted by molar-refractivity contribution is 6.07. The lowest BCUT2D eigenvalue weighted by molar-refractivity contribution is -0.120. The lowest BCUT2D eigenvalue weighted by Gasteiger charge is -2.20. The van der Waals surface area contributed by atoms with Crippen molar-refractivity contribution < 1.29 is 9.59 Å². The molecule has 2 amide bonds. The van der Waals surface area contributed by atoms with Crippen LogP contribution in [0.25, 0.3) is 0 Å². The normalized spacial score (nSPS) is 18.9. The molecular formula is C29H24N6O2. The van der Waals surface area contributed by atoms with E-state index in [9.17, 15) is 9.59 Å². The van der Waals surface area contributed by atoms with Gasteiger partial charge in [0.1, 0.15) is 23.7 Å². The first kappa shape index (κ1) is 21.7.